The maximum absolute atomic E-state index is 11.5. The van der Waals surface area contributed by atoms with Crippen LogP contribution in [-0.4, -0.2) is 34.7 Å². The lowest BCUT2D eigenvalue weighted by atomic mass is 10.1. The highest BCUT2D eigenvalue weighted by Gasteiger charge is 2.13. The molecule has 0 radical (unpaired) electrons. The Labute approximate surface area is 139 Å². The Balaban J connectivity index is 1.86. The van der Waals surface area contributed by atoms with Crippen LogP contribution in [-0.2, 0) is 6.42 Å². The van der Waals surface area contributed by atoms with Crippen LogP contribution in [0.25, 0.3) is 10.9 Å². The van der Waals surface area contributed by atoms with E-state index in [1.165, 1.54) is 0 Å². The summed E-state index contributed by atoms with van der Waals surface area (Å²) in [7, 11) is 1.58. The molecule has 0 aliphatic carbocycles. The summed E-state index contributed by atoms with van der Waals surface area (Å²) in [6.45, 7) is 0.564. The molecule has 0 amide bonds. The minimum Gasteiger partial charge on any atom is -0.497 e. The van der Waals surface area contributed by atoms with E-state index in [0.717, 1.165) is 17.4 Å². The molecule has 2 N–H and O–H groups in total. The first-order valence-electron chi connectivity index (χ1n) is 7.52. The fraction of sp³-hybridized carbons (Fsp3) is 0.167. The van der Waals surface area contributed by atoms with Crippen molar-refractivity contribution in [2.75, 3.05) is 19.0 Å². The van der Waals surface area contributed by atoms with Gasteiger partial charge in [-0.2, -0.15) is 0 Å². The van der Waals surface area contributed by atoms with Crippen molar-refractivity contribution < 1.29 is 14.6 Å². The second-order valence-electron chi connectivity index (χ2n) is 5.29. The molecule has 0 aliphatic heterocycles. The minimum absolute atomic E-state index is 0.152. The van der Waals surface area contributed by atoms with E-state index >= 15 is 0 Å². The molecule has 1 aromatic carbocycles. The number of anilines is 1. The number of benzene rings is 1. The van der Waals surface area contributed by atoms with Gasteiger partial charge in [0.25, 0.3) is 0 Å². The maximum atomic E-state index is 11.5. The second-order valence-corrected chi connectivity index (χ2v) is 5.29. The standard InChI is InChI=1S/C18H17N3O3/c1-24-14-5-4-13-9-15(18(22)23)17(21-16(13)10-14)20-8-6-12-3-2-7-19-11-12/h2-5,7,9-11H,6,8H2,1H3,(H,20,21)(H,22,23). The molecule has 2 aromatic heterocycles. The van der Waals surface area contributed by atoms with Gasteiger partial charge in [0.1, 0.15) is 17.1 Å². The Hall–Kier alpha value is -3.15. The van der Waals surface area contributed by atoms with Crippen molar-refractivity contribution in [3.8, 4) is 5.75 Å². The van der Waals surface area contributed by atoms with Crippen LogP contribution in [0.15, 0.2) is 48.8 Å². The van der Waals surface area contributed by atoms with Crippen molar-refractivity contribution in [3.05, 3.63) is 59.9 Å². The zero-order valence-electron chi connectivity index (χ0n) is 13.2. The Morgan fingerprint density at radius 2 is 2.17 bits per heavy atom. The van der Waals surface area contributed by atoms with Gasteiger partial charge >= 0.3 is 5.97 Å². The van der Waals surface area contributed by atoms with E-state index in [2.05, 4.69) is 15.3 Å². The lowest BCUT2D eigenvalue weighted by molar-refractivity contribution is 0.0698. The van der Waals surface area contributed by atoms with Gasteiger partial charge in [-0.3, -0.25) is 4.98 Å². The van der Waals surface area contributed by atoms with E-state index in [4.69, 9.17) is 4.74 Å². The molecular formula is C18H17N3O3. The summed E-state index contributed by atoms with van der Waals surface area (Å²) in [5.74, 6) is 0.0237. The molecule has 0 spiro atoms. The zero-order chi connectivity index (χ0) is 16.9. The number of aromatic carboxylic acids is 1. The van der Waals surface area contributed by atoms with Crippen molar-refractivity contribution in [2.24, 2.45) is 0 Å². The number of pyridine rings is 2. The highest BCUT2D eigenvalue weighted by atomic mass is 16.5. The predicted molar refractivity (Wildman–Crippen MR) is 91.7 cm³/mol. The molecule has 122 valence electrons. The molecule has 0 unspecified atom stereocenters. The quantitative estimate of drug-likeness (QED) is 0.725. The third-order valence-corrected chi connectivity index (χ3v) is 3.68. The first-order valence-corrected chi connectivity index (χ1v) is 7.52. The Bertz CT molecular complexity index is 866. The van der Waals surface area contributed by atoms with Crippen LogP contribution in [0.3, 0.4) is 0 Å². The van der Waals surface area contributed by atoms with E-state index in [1.54, 1.807) is 43.8 Å². The number of ether oxygens (including phenoxy) is 1. The normalized spacial score (nSPS) is 10.5. The first-order chi connectivity index (χ1) is 11.7. The van der Waals surface area contributed by atoms with E-state index in [-0.39, 0.29) is 5.56 Å². The van der Waals surface area contributed by atoms with E-state index < -0.39 is 5.97 Å². The molecule has 0 saturated carbocycles. The van der Waals surface area contributed by atoms with Crippen LogP contribution >= 0.6 is 0 Å². The van der Waals surface area contributed by atoms with Crippen LogP contribution in [0.5, 0.6) is 5.75 Å². The van der Waals surface area contributed by atoms with Gasteiger partial charge in [0, 0.05) is 30.4 Å². The molecular weight excluding hydrogens is 306 g/mol. The highest BCUT2D eigenvalue weighted by Crippen LogP contribution is 2.24. The molecule has 6 heteroatoms. The number of hydrogen-bond donors (Lipinski definition) is 2. The SMILES string of the molecule is COc1ccc2cc(C(=O)O)c(NCCc3cccnc3)nc2c1. The van der Waals surface area contributed by atoms with E-state index in [0.29, 0.717) is 23.6 Å². The fourth-order valence-electron chi connectivity index (χ4n) is 2.44. The lowest BCUT2D eigenvalue weighted by Crippen LogP contribution is -2.11. The summed E-state index contributed by atoms with van der Waals surface area (Å²) in [4.78, 5) is 20.0. The number of methoxy groups -OCH3 is 1. The summed E-state index contributed by atoms with van der Waals surface area (Å²) >= 11 is 0. The Morgan fingerprint density at radius 1 is 1.29 bits per heavy atom. The number of fused-ring (bicyclic) bond motifs is 1. The second kappa shape index (κ2) is 6.95. The summed E-state index contributed by atoms with van der Waals surface area (Å²) in [6.07, 6.45) is 4.24. The van der Waals surface area contributed by atoms with Crippen LogP contribution in [0.1, 0.15) is 15.9 Å². The first kappa shape index (κ1) is 15.7. The third-order valence-electron chi connectivity index (χ3n) is 3.68. The predicted octanol–water partition coefficient (Wildman–Crippen LogP) is 2.99. The van der Waals surface area contributed by atoms with Crippen molar-refractivity contribution in [1.29, 1.82) is 0 Å². The lowest BCUT2D eigenvalue weighted by Gasteiger charge is -2.11. The molecule has 3 aromatic rings. The van der Waals surface area contributed by atoms with Gasteiger partial charge in [-0.15, -0.1) is 0 Å². The topological polar surface area (TPSA) is 84.3 Å². The van der Waals surface area contributed by atoms with Gasteiger partial charge in [0.2, 0.25) is 0 Å². The monoisotopic (exact) mass is 323 g/mol. The molecule has 0 atom stereocenters. The molecule has 2 heterocycles. The number of carbonyl (C=O) groups is 1. The van der Waals surface area contributed by atoms with Gasteiger partial charge in [0.05, 0.1) is 12.6 Å². The number of carboxylic acid groups (broad SMARTS) is 1. The number of aromatic nitrogens is 2. The number of carboxylic acids is 1. The molecule has 0 bridgehead atoms. The van der Waals surface area contributed by atoms with Gasteiger partial charge < -0.3 is 15.2 Å². The number of hydrogen-bond acceptors (Lipinski definition) is 5. The van der Waals surface area contributed by atoms with Crippen molar-refractivity contribution >= 4 is 22.7 Å². The summed E-state index contributed by atoms with van der Waals surface area (Å²) in [6, 6.07) is 10.8. The zero-order valence-corrected chi connectivity index (χ0v) is 13.2. The molecule has 6 nitrogen and oxygen atoms in total. The maximum Gasteiger partial charge on any atom is 0.339 e. The van der Waals surface area contributed by atoms with Crippen LogP contribution in [0.2, 0.25) is 0 Å². The third kappa shape index (κ3) is 3.43. The molecule has 0 saturated heterocycles. The van der Waals surface area contributed by atoms with E-state index in [9.17, 15) is 9.90 Å². The largest absolute Gasteiger partial charge is 0.497 e. The van der Waals surface area contributed by atoms with Gasteiger partial charge in [-0.25, -0.2) is 9.78 Å². The number of rotatable bonds is 6. The average molecular weight is 323 g/mol. The Kier molecular flexibility index (Phi) is 4.56. The molecule has 3 rings (SSSR count). The fourth-order valence-corrected chi connectivity index (χ4v) is 2.44. The number of nitrogens with one attached hydrogen (secondary N) is 1. The molecule has 0 aliphatic rings. The van der Waals surface area contributed by atoms with E-state index in [1.807, 2.05) is 12.1 Å². The summed E-state index contributed by atoms with van der Waals surface area (Å²) in [5, 5.41) is 13.3. The van der Waals surface area contributed by atoms with Crippen molar-refractivity contribution in [3.63, 3.8) is 0 Å². The smallest absolute Gasteiger partial charge is 0.339 e. The Morgan fingerprint density at radius 3 is 2.88 bits per heavy atom. The number of nitrogens with zero attached hydrogens (tertiary/aromatic N) is 2. The van der Waals surface area contributed by atoms with Gasteiger partial charge in [-0.05, 0) is 36.2 Å². The molecule has 0 fully saturated rings. The van der Waals surface area contributed by atoms with Gasteiger partial charge in [0.15, 0.2) is 0 Å². The van der Waals surface area contributed by atoms with Crippen molar-refractivity contribution in [1.82, 2.24) is 9.97 Å². The van der Waals surface area contributed by atoms with Gasteiger partial charge in [-0.1, -0.05) is 6.07 Å². The molecule has 24 heavy (non-hydrogen) atoms. The van der Waals surface area contributed by atoms with Crippen molar-refractivity contribution in [2.45, 2.75) is 6.42 Å². The summed E-state index contributed by atoms with van der Waals surface area (Å²) in [5.41, 5.74) is 1.91. The minimum atomic E-state index is -1.01. The van der Waals surface area contributed by atoms with Crippen LogP contribution < -0.4 is 10.1 Å². The van der Waals surface area contributed by atoms with Crippen LogP contribution in [0.4, 0.5) is 5.82 Å². The summed E-state index contributed by atoms with van der Waals surface area (Å²) < 4.78 is 5.20. The average Bonchev–Trinajstić information content (AvgIpc) is 2.61. The highest BCUT2D eigenvalue weighted by molar-refractivity contribution is 5.98. The van der Waals surface area contributed by atoms with Crippen LogP contribution in [0, 0.1) is 0 Å².